The SMILES string of the molecule is [CH]1NCCc2nc3ccccc3cc21. The molecule has 0 fully saturated rings. The van der Waals surface area contributed by atoms with Crippen LogP contribution < -0.4 is 5.32 Å². The predicted octanol–water partition coefficient (Wildman–Crippen LogP) is 1.89. The molecule has 2 aromatic rings. The highest BCUT2D eigenvalue weighted by Gasteiger charge is 2.10. The van der Waals surface area contributed by atoms with E-state index in [1.807, 2.05) is 12.1 Å². The summed E-state index contributed by atoms with van der Waals surface area (Å²) in [4.78, 5) is 4.64. The second-order valence-corrected chi connectivity index (χ2v) is 3.57. The van der Waals surface area contributed by atoms with Gasteiger partial charge in [-0.1, -0.05) is 18.2 Å². The zero-order valence-electron chi connectivity index (χ0n) is 7.83. The van der Waals surface area contributed by atoms with Crippen molar-refractivity contribution in [1.82, 2.24) is 10.3 Å². The monoisotopic (exact) mass is 183 g/mol. The molecular formula is C12H11N2. The van der Waals surface area contributed by atoms with Crippen LogP contribution in [0.3, 0.4) is 0 Å². The Hall–Kier alpha value is -1.41. The number of benzene rings is 1. The van der Waals surface area contributed by atoms with Crippen molar-refractivity contribution in [2.45, 2.75) is 6.42 Å². The molecule has 1 aliphatic heterocycles. The number of fused-ring (bicyclic) bond motifs is 2. The lowest BCUT2D eigenvalue weighted by Crippen LogP contribution is -2.22. The summed E-state index contributed by atoms with van der Waals surface area (Å²) in [6.45, 7) is 3.05. The standard InChI is InChI=1S/C12H11N2/c1-2-4-11-9(3-1)7-10-8-13-6-5-12(10)14-11/h1-4,7-8,13H,5-6H2. The summed E-state index contributed by atoms with van der Waals surface area (Å²) in [5.41, 5.74) is 3.54. The Morgan fingerprint density at radius 1 is 1.21 bits per heavy atom. The van der Waals surface area contributed by atoms with E-state index in [4.69, 9.17) is 0 Å². The molecule has 0 bridgehead atoms. The molecule has 3 rings (SSSR count). The molecule has 0 unspecified atom stereocenters. The first-order chi connectivity index (χ1) is 6.93. The summed E-state index contributed by atoms with van der Waals surface area (Å²) in [5, 5.41) is 4.45. The van der Waals surface area contributed by atoms with Crippen molar-refractivity contribution in [2.24, 2.45) is 0 Å². The maximum Gasteiger partial charge on any atom is 0.0705 e. The summed E-state index contributed by atoms with van der Waals surface area (Å²) >= 11 is 0. The molecule has 0 atom stereocenters. The van der Waals surface area contributed by atoms with Gasteiger partial charge in [0.25, 0.3) is 0 Å². The van der Waals surface area contributed by atoms with Gasteiger partial charge in [0, 0.05) is 24.0 Å². The molecule has 2 nitrogen and oxygen atoms in total. The van der Waals surface area contributed by atoms with Crippen LogP contribution >= 0.6 is 0 Å². The van der Waals surface area contributed by atoms with E-state index < -0.39 is 0 Å². The molecular weight excluding hydrogens is 172 g/mol. The fourth-order valence-electron chi connectivity index (χ4n) is 1.87. The van der Waals surface area contributed by atoms with Crippen molar-refractivity contribution in [3.63, 3.8) is 0 Å². The molecule has 0 aliphatic carbocycles. The molecule has 1 aromatic heterocycles. The zero-order valence-corrected chi connectivity index (χ0v) is 7.83. The van der Waals surface area contributed by atoms with E-state index in [0.717, 1.165) is 18.5 Å². The quantitative estimate of drug-likeness (QED) is 0.674. The second kappa shape index (κ2) is 3.07. The van der Waals surface area contributed by atoms with E-state index in [2.05, 4.69) is 35.0 Å². The van der Waals surface area contributed by atoms with E-state index in [9.17, 15) is 0 Å². The molecule has 2 heteroatoms. The molecule has 2 heterocycles. The van der Waals surface area contributed by atoms with Gasteiger partial charge in [0.2, 0.25) is 0 Å². The summed E-state index contributed by atoms with van der Waals surface area (Å²) in [7, 11) is 0. The molecule has 1 aromatic carbocycles. The lowest BCUT2D eigenvalue weighted by atomic mass is 10.0. The highest BCUT2D eigenvalue weighted by Crippen LogP contribution is 2.19. The van der Waals surface area contributed by atoms with Gasteiger partial charge in [-0.25, -0.2) is 0 Å². The van der Waals surface area contributed by atoms with Crippen LogP contribution in [0.15, 0.2) is 30.3 Å². The van der Waals surface area contributed by atoms with Gasteiger partial charge in [-0.05, 0) is 17.7 Å². The van der Waals surface area contributed by atoms with Crippen molar-refractivity contribution in [3.8, 4) is 0 Å². The van der Waals surface area contributed by atoms with Gasteiger partial charge in [-0.3, -0.25) is 4.98 Å². The van der Waals surface area contributed by atoms with E-state index in [0.29, 0.717) is 0 Å². The fraction of sp³-hybridized carbons (Fsp3) is 0.167. The smallest absolute Gasteiger partial charge is 0.0705 e. The third kappa shape index (κ3) is 1.19. The molecule has 1 radical (unpaired) electrons. The van der Waals surface area contributed by atoms with Gasteiger partial charge in [-0.2, -0.15) is 0 Å². The van der Waals surface area contributed by atoms with Crippen molar-refractivity contribution >= 4 is 10.9 Å². The Morgan fingerprint density at radius 3 is 3.14 bits per heavy atom. The van der Waals surface area contributed by atoms with Gasteiger partial charge in [0.05, 0.1) is 12.1 Å². The lowest BCUT2D eigenvalue weighted by Gasteiger charge is -2.15. The molecule has 0 saturated heterocycles. The minimum atomic E-state index is 0.998. The Balaban J connectivity index is 2.27. The fourth-order valence-corrected chi connectivity index (χ4v) is 1.87. The second-order valence-electron chi connectivity index (χ2n) is 3.57. The van der Waals surface area contributed by atoms with Crippen LogP contribution in [-0.2, 0) is 6.42 Å². The number of hydrogen-bond donors (Lipinski definition) is 1. The number of rotatable bonds is 0. The number of pyridine rings is 1. The van der Waals surface area contributed by atoms with Crippen molar-refractivity contribution in [2.75, 3.05) is 6.54 Å². The van der Waals surface area contributed by atoms with E-state index in [1.54, 1.807) is 0 Å². The van der Waals surface area contributed by atoms with Crippen molar-refractivity contribution in [3.05, 3.63) is 48.1 Å². The van der Waals surface area contributed by atoms with Crippen LogP contribution in [0.25, 0.3) is 10.9 Å². The average Bonchev–Trinajstić information content (AvgIpc) is 2.26. The van der Waals surface area contributed by atoms with Gasteiger partial charge in [0.15, 0.2) is 0 Å². The number of para-hydroxylation sites is 1. The molecule has 14 heavy (non-hydrogen) atoms. The first kappa shape index (κ1) is 7.94. The first-order valence-electron chi connectivity index (χ1n) is 4.89. The average molecular weight is 183 g/mol. The molecule has 69 valence electrons. The van der Waals surface area contributed by atoms with Gasteiger partial charge >= 0.3 is 0 Å². The lowest BCUT2D eigenvalue weighted by molar-refractivity contribution is 0.736. The molecule has 1 N–H and O–H groups in total. The predicted molar refractivity (Wildman–Crippen MR) is 56.9 cm³/mol. The summed E-state index contributed by atoms with van der Waals surface area (Å²) in [6, 6.07) is 10.5. The number of aromatic nitrogens is 1. The number of nitrogens with zero attached hydrogens (tertiary/aromatic N) is 1. The topological polar surface area (TPSA) is 24.9 Å². The van der Waals surface area contributed by atoms with E-state index >= 15 is 0 Å². The largest absolute Gasteiger partial charge is 0.308 e. The molecule has 1 aliphatic rings. The summed E-state index contributed by atoms with van der Waals surface area (Å²) < 4.78 is 0. The first-order valence-corrected chi connectivity index (χ1v) is 4.89. The summed E-state index contributed by atoms with van der Waals surface area (Å²) in [6.07, 6.45) is 1.02. The minimum Gasteiger partial charge on any atom is -0.308 e. The molecule has 0 saturated carbocycles. The Labute approximate surface area is 83.0 Å². The van der Waals surface area contributed by atoms with Crippen LogP contribution in [0.5, 0.6) is 0 Å². The van der Waals surface area contributed by atoms with Crippen molar-refractivity contribution < 1.29 is 0 Å². The maximum absolute atomic E-state index is 4.64. The van der Waals surface area contributed by atoms with Gasteiger partial charge in [-0.15, -0.1) is 0 Å². The van der Waals surface area contributed by atoms with Crippen LogP contribution in [0.2, 0.25) is 0 Å². The van der Waals surface area contributed by atoms with Crippen LogP contribution in [0, 0.1) is 6.54 Å². The molecule has 0 spiro atoms. The van der Waals surface area contributed by atoms with Gasteiger partial charge in [0.1, 0.15) is 0 Å². The summed E-state index contributed by atoms with van der Waals surface area (Å²) in [5.74, 6) is 0. The number of nitrogens with one attached hydrogen (secondary N) is 1. The Bertz CT molecular complexity index is 432. The number of hydrogen-bond acceptors (Lipinski definition) is 2. The van der Waals surface area contributed by atoms with Gasteiger partial charge < -0.3 is 5.32 Å². The van der Waals surface area contributed by atoms with Crippen molar-refractivity contribution in [1.29, 1.82) is 0 Å². The molecule has 0 amide bonds. The van der Waals surface area contributed by atoms with E-state index in [-0.39, 0.29) is 0 Å². The third-order valence-corrected chi connectivity index (χ3v) is 2.60. The minimum absolute atomic E-state index is 0.998. The Kier molecular flexibility index (Phi) is 1.74. The normalized spacial score (nSPS) is 15.4. The maximum atomic E-state index is 4.64. The van der Waals surface area contributed by atoms with Crippen LogP contribution in [0.1, 0.15) is 11.3 Å². The van der Waals surface area contributed by atoms with E-state index in [1.165, 1.54) is 16.6 Å². The van der Waals surface area contributed by atoms with Crippen LogP contribution in [-0.4, -0.2) is 11.5 Å². The zero-order chi connectivity index (χ0) is 9.38. The third-order valence-electron chi connectivity index (χ3n) is 2.60. The highest BCUT2D eigenvalue weighted by atomic mass is 14.9. The highest BCUT2D eigenvalue weighted by molar-refractivity contribution is 5.79. The van der Waals surface area contributed by atoms with Crippen LogP contribution in [0.4, 0.5) is 0 Å². The Morgan fingerprint density at radius 2 is 2.14 bits per heavy atom.